The number of aliphatic carboxylic acids is 1. The van der Waals surface area contributed by atoms with Crippen molar-refractivity contribution in [2.45, 2.75) is 43.6 Å². The van der Waals surface area contributed by atoms with Crippen molar-refractivity contribution < 1.29 is 19.5 Å². The molecule has 0 aliphatic carbocycles. The van der Waals surface area contributed by atoms with Gasteiger partial charge >= 0.3 is 5.97 Å². The molecule has 0 aromatic carbocycles. The van der Waals surface area contributed by atoms with Gasteiger partial charge in [0.25, 0.3) is 5.91 Å². The fourth-order valence-electron chi connectivity index (χ4n) is 2.26. The van der Waals surface area contributed by atoms with Crippen molar-refractivity contribution in [1.29, 1.82) is 0 Å². The van der Waals surface area contributed by atoms with Crippen LogP contribution in [0.4, 0.5) is 5.13 Å². The van der Waals surface area contributed by atoms with Crippen LogP contribution in [0.25, 0.3) is 0 Å². The molecule has 1 aromatic rings. The number of thioether (sulfide) groups is 1. The Morgan fingerprint density at radius 2 is 2.15 bits per heavy atom. The molecule has 150 valence electrons. The largest absolute Gasteiger partial charge is 0.477 e. The van der Waals surface area contributed by atoms with E-state index in [4.69, 9.17) is 10.6 Å². The molecule has 1 aliphatic rings. The highest BCUT2D eigenvalue weighted by Gasteiger charge is 2.29. The smallest absolute Gasteiger partial charge is 0.353 e. The molecule has 1 amide bonds. The zero-order chi connectivity index (χ0) is 20.0. The second-order valence-electron chi connectivity index (χ2n) is 6.39. The van der Waals surface area contributed by atoms with Gasteiger partial charge in [-0.15, -0.1) is 11.3 Å². The van der Waals surface area contributed by atoms with Gasteiger partial charge in [0.05, 0.1) is 16.5 Å². The van der Waals surface area contributed by atoms with Gasteiger partial charge < -0.3 is 10.8 Å². The Morgan fingerprint density at radius 1 is 1.48 bits per heavy atom. The third-order valence-corrected chi connectivity index (χ3v) is 5.63. The minimum absolute atomic E-state index is 0.00742. The summed E-state index contributed by atoms with van der Waals surface area (Å²) in [5.41, 5.74) is 10.8. The topological polar surface area (TPSA) is 139 Å². The summed E-state index contributed by atoms with van der Waals surface area (Å²) >= 11 is 7.25. The molecular formula is C15H23N5O4S3. The number of carbonyl (C=O) groups is 2. The van der Waals surface area contributed by atoms with Gasteiger partial charge in [-0.3, -0.25) is 9.63 Å². The van der Waals surface area contributed by atoms with Crippen molar-refractivity contribution in [1.82, 2.24) is 15.9 Å². The van der Waals surface area contributed by atoms with Crippen LogP contribution in [0.1, 0.15) is 38.4 Å². The fourth-order valence-corrected chi connectivity index (χ4v) is 4.06. The van der Waals surface area contributed by atoms with E-state index in [1.807, 2.05) is 11.8 Å². The summed E-state index contributed by atoms with van der Waals surface area (Å²) < 4.78 is -1.04. The molecule has 12 heteroatoms. The van der Waals surface area contributed by atoms with Gasteiger partial charge in [0, 0.05) is 5.38 Å². The number of amides is 1. The molecule has 1 aliphatic heterocycles. The number of nitrogens with two attached hydrogens (primary N) is 1. The van der Waals surface area contributed by atoms with Gasteiger partial charge in [-0.2, -0.15) is 35.0 Å². The van der Waals surface area contributed by atoms with E-state index in [2.05, 4.69) is 33.6 Å². The predicted octanol–water partition coefficient (Wildman–Crippen LogP) is 1.45. The van der Waals surface area contributed by atoms with Crippen molar-refractivity contribution >= 4 is 58.4 Å². The third-order valence-electron chi connectivity index (χ3n) is 3.68. The molecule has 1 unspecified atom stereocenters. The van der Waals surface area contributed by atoms with Crippen LogP contribution in [0.2, 0.25) is 0 Å². The van der Waals surface area contributed by atoms with Crippen LogP contribution in [0.3, 0.4) is 0 Å². The Balaban J connectivity index is 2.11. The first-order chi connectivity index (χ1) is 12.7. The Hall–Kier alpha value is -1.34. The molecule has 1 atom stereocenters. The van der Waals surface area contributed by atoms with Gasteiger partial charge in [-0.25, -0.2) is 15.2 Å². The first kappa shape index (κ1) is 22.0. The minimum atomic E-state index is -1.27. The molecule has 5 N–H and O–H groups in total. The lowest BCUT2D eigenvalue weighted by molar-refractivity contribution is -0.130. The van der Waals surface area contributed by atoms with Crippen LogP contribution >= 0.6 is 35.7 Å². The number of hydrogen-bond acceptors (Lipinski definition) is 10. The van der Waals surface area contributed by atoms with Crippen LogP contribution in [0.15, 0.2) is 10.5 Å². The number of carboxylic acids is 1. The number of nitrogens with one attached hydrogen (secondary N) is 2. The summed E-state index contributed by atoms with van der Waals surface area (Å²) in [4.78, 5) is 33.7. The highest BCUT2D eigenvalue weighted by Crippen LogP contribution is 2.22. The monoisotopic (exact) mass is 433 g/mol. The van der Waals surface area contributed by atoms with Crippen molar-refractivity contribution in [3.8, 4) is 0 Å². The molecule has 1 saturated heterocycles. The molecule has 2 heterocycles. The lowest BCUT2D eigenvalue weighted by Gasteiger charge is -2.24. The van der Waals surface area contributed by atoms with E-state index in [0.29, 0.717) is 10.8 Å². The van der Waals surface area contributed by atoms with Crippen LogP contribution in [-0.4, -0.2) is 50.0 Å². The van der Waals surface area contributed by atoms with E-state index < -0.39 is 22.7 Å². The van der Waals surface area contributed by atoms with Crippen LogP contribution in [0.5, 0.6) is 0 Å². The highest BCUT2D eigenvalue weighted by atomic mass is 32.2. The van der Waals surface area contributed by atoms with Crippen molar-refractivity contribution in [3.05, 3.63) is 11.1 Å². The van der Waals surface area contributed by atoms with Gasteiger partial charge in [0.15, 0.2) is 16.9 Å². The Morgan fingerprint density at radius 3 is 2.67 bits per heavy atom. The number of anilines is 1. The summed E-state index contributed by atoms with van der Waals surface area (Å²) in [6.07, 6.45) is 1.74. The molecule has 0 saturated carbocycles. The molecule has 0 radical (unpaired) electrons. The number of thiazole rings is 1. The van der Waals surface area contributed by atoms with Crippen LogP contribution < -0.4 is 16.6 Å². The van der Waals surface area contributed by atoms with Gasteiger partial charge in [0.1, 0.15) is 0 Å². The maximum atomic E-state index is 12.6. The first-order valence-electron chi connectivity index (χ1n) is 8.22. The zero-order valence-corrected chi connectivity index (χ0v) is 17.5. The Bertz CT molecular complexity index is 698. The fraction of sp³-hybridized carbons (Fsp3) is 0.600. The molecule has 1 fully saturated rings. The van der Waals surface area contributed by atoms with Gasteiger partial charge in [-0.05, 0) is 38.2 Å². The van der Waals surface area contributed by atoms with E-state index in [9.17, 15) is 14.7 Å². The predicted molar refractivity (Wildman–Crippen MR) is 110 cm³/mol. The van der Waals surface area contributed by atoms with E-state index in [1.54, 1.807) is 19.2 Å². The minimum Gasteiger partial charge on any atom is -0.477 e. The number of hydrogen-bond donors (Lipinski definition) is 5. The van der Waals surface area contributed by atoms with E-state index in [1.165, 1.54) is 11.3 Å². The molecule has 2 rings (SSSR count). The summed E-state index contributed by atoms with van der Waals surface area (Å²) in [6.45, 7) is 3.13. The van der Waals surface area contributed by atoms with Gasteiger partial charge in [0.2, 0.25) is 0 Å². The number of nitrogen functional groups attached to an aromatic ring is 1. The quantitative estimate of drug-likeness (QED) is 0.236. The lowest BCUT2D eigenvalue weighted by Crippen LogP contribution is -2.41. The van der Waals surface area contributed by atoms with E-state index >= 15 is 0 Å². The van der Waals surface area contributed by atoms with Crippen molar-refractivity contribution in [3.63, 3.8) is 0 Å². The average Bonchev–Trinajstić information content (AvgIpc) is 3.00. The summed E-state index contributed by atoms with van der Waals surface area (Å²) in [7, 11) is 0. The van der Waals surface area contributed by atoms with Gasteiger partial charge in [-0.1, -0.05) is 0 Å². The maximum Gasteiger partial charge on any atom is 0.353 e. The number of carbonyl (C=O) groups excluding carboxylic acids is 1. The number of nitrogens with zero attached hydrogens (tertiary/aromatic N) is 2. The molecule has 1 aromatic heterocycles. The summed E-state index contributed by atoms with van der Waals surface area (Å²) in [5, 5.41) is 14.9. The second kappa shape index (κ2) is 9.73. The van der Waals surface area contributed by atoms with Crippen LogP contribution in [0, 0.1) is 0 Å². The number of carboxylic acid groups (broad SMARTS) is 1. The Kier molecular flexibility index (Phi) is 7.91. The maximum absolute atomic E-state index is 12.6. The standard InChI is InChI=1S/C15H23N5O4S3/c1-15(2,25)11(13(22)23)18-19-12(21)10(9-7-27-14(16)17-9)20-24-8-3-5-26-6-4-8/h7-8,10,20,25H,3-6H2,1-2H3,(H2,16,17)(H,19,21)(H,22,23). The summed E-state index contributed by atoms with van der Waals surface area (Å²) in [5.74, 6) is 0.113. The third kappa shape index (κ3) is 6.64. The number of aromatic nitrogens is 1. The van der Waals surface area contributed by atoms with Crippen LogP contribution in [-0.2, 0) is 14.4 Å². The van der Waals surface area contributed by atoms with E-state index in [-0.39, 0.29) is 11.8 Å². The molecule has 27 heavy (non-hydrogen) atoms. The first-order valence-corrected chi connectivity index (χ1v) is 10.7. The molecule has 0 bridgehead atoms. The van der Waals surface area contributed by atoms with Crippen molar-refractivity contribution in [2.75, 3.05) is 17.2 Å². The number of hydroxylamine groups is 1. The SMILES string of the molecule is CC(C)(S)C(=NNC(=O)C(NOC1CCSCC1)c1csc(N)n1)C(=O)O. The molecular weight excluding hydrogens is 410 g/mol. The van der Waals surface area contributed by atoms with E-state index in [0.717, 1.165) is 24.3 Å². The number of hydrazone groups is 1. The summed E-state index contributed by atoms with van der Waals surface area (Å²) in [6, 6.07) is -0.977. The zero-order valence-electron chi connectivity index (χ0n) is 15.0. The normalized spacial score (nSPS) is 17.5. The number of rotatable bonds is 8. The Labute approximate surface area is 170 Å². The lowest BCUT2D eigenvalue weighted by atomic mass is 10.1. The highest BCUT2D eigenvalue weighted by molar-refractivity contribution is 7.99. The molecule has 9 nitrogen and oxygen atoms in total. The second-order valence-corrected chi connectivity index (χ2v) is 9.62. The average molecular weight is 434 g/mol. The number of thiol groups is 1. The van der Waals surface area contributed by atoms with Crippen molar-refractivity contribution in [2.24, 2.45) is 5.10 Å². The molecule has 0 spiro atoms.